The molecule has 1 amide bonds. The lowest BCUT2D eigenvalue weighted by Crippen LogP contribution is -2.41. The van der Waals surface area contributed by atoms with E-state index in [2.05, 4.69) is 0 Å². The van der Waals surface area contributed by atoms with E-state index < -0.39 is 12.1 Å². The first-order chi connectivity index (χ1) is 5.42. The number of amides is 1. The fourth-order valence-corrected chi connectivity index (χ4v) is 1.20. The van der Waals surface area contributed by atoms with Crippen molar-refractivity contribution in [3.63, 3.8) is 0 Å². The number of cyclic esters (lactones) is 1. The van der Waals surface area contributed by atoms with Gasteiger partial charge in [0, 0.05) is 12.4 Å². The minimum absolute atomic E-state index is 0.0813. The number of carboxylic acid groups (broad SMARTS) is 1. The molecule has 0 saturated carbocycles. The largest absolute Gasteiger partial charge is 0.550 e. The van der Waals surface area contributed by atoms with Crippen LogP contribution in [0.4, 0.5) is 4.79 Å². The number of quaternary nitrogens is 1. The van der Waals surface area contributed by atoms with Gasteiger partial charge in [0.2, 0.25) is 0 Å². The van der Waals surface area contributed by atoms with Gasteiger partial charge in [-0.1, -0.05) is 0 Å². The molecule has 5 heteroatoms. The number of carbonyl (C=O) groups excluding carboxylic acids is 2. The maximum Gasteiger partial charge on any atom is 0.516 e. The molecule has 0 aliphatic carbocycles. The van der Waals surface area contributed by atoms with Crippen LogP contribution in [0.25, 0.3) is 0 Å². The SMILES string of the molecule is C[N+]1(C)CC(CC(=O)[O-])OC1=O. The van der Waals surface area contributed by atoms with E-state index in [1.54, 1.807) is 14.1 Å². The summed E-state index contributed by atoms with van der Waals surface area (Å²) in [5.41, 5.74) is 0. The molecule has 0 radical (unpaired) electrons. The molecule has 1 rings (SSSR count). The van der Waals surface area contributed by atoms with Crippen molar-refractivity contribution in [2.24, 2.45) is 0 Å². The molecular weight excluding hydrogens is 162 g/mol. The predicted molar refractivity (Wildman–Crippen MR) is 36.9 cm³/mol. The third-order valence-corrected chi connectivity index (χ3v) is 1.82. The van der Waals surface area contributed by atoms with Gasteiger partial charge in [0.05, 0.1) is 14.1 Å². The van der Waals surface area contributed by atoms with Gasteiger partial charge in [-0.05, 0) is 0 Å². The third kappa shape index (κ3) is 1.73. The van der Waals surface area contributed by atoms with Gasteiger partial charge in [0.15, 0.2) is 6.10 Å². The lowest BCUT2D eigenvalue weighted by atomic mass is 10.2. The van der Waals surface area contributed by atoms with Crippen molar-refractivity contribution in [2.45, 2.75) is 12.5 Å². The van der Waals surface area contributed by atoms with E-state index in [-0.39, 0.29) is 17.0 Å². The molecule has 1 heterocycles. The van der Waals surface area contributed by atoms with Crippen LogP contribution in [0.15, 0.2) is 0 Å². The molecule has 1 atom stereocenters. The Morgan fingerprint density at radius 3 is 2.67 bits per heavy atom. The van der Waals surface area contributed by atoms with Gasteiger partial charge in [-0.15, -0.1) is 0 Å². The van der Waals surface area contributed by atoms with Crippen LogP contribution in [0.1, 0.15) is 6.42 Å². The van der Waals surface area contributed by atoms with E-state index >= 15 is 0 Å². The fourth-order valence-electron chi connectivity index (χ4n) is 1.20. The molecular formula is C7H11NO4. The molecule has 0 aromatic heterocycles. The number of hydrogen-bond acceptors (Lipinski definition) is 4. The molecule has 1 fully saturated rings. The summed E-state index contributed by atoms with van der Waals surface area (Å²) in [5, 5.41) is 10.2. The van der Waals surface area contributed by atoms with E-state index in [9.17, 15) is 14.7 Å². The summed E-state index contributed by atoms with van der Waals surface area (Å²) in [6.45, 7) is 0.396. The van der Waals surface area contributed by atoms with Crippen LogP contribution in [-0.2, 0) is 9.53 Å². The van der Waals surface area contributed by atoms with Gasteiger partial charge in [0.1, 0.15) is 6.54 Å². The number of ether oxygens (including phenoxy) is 1. The Bertz CT molecular complexity index is 223. The van der Waals surface area contributed by atoms with E-state index in [0.29, 0.717) is 6.54 Å². The van der Waals surface area contributed by atoms with Crippen molar-refractivity contribution >= 4 is 12.1 Å². The highest BCUT2D eigenvalue weighted by Crippen LogP contribution is 2.17. The Hall–Kier alpha value is -1.10. The molecule has 0 spiro atoms. The van der Waals surface area contributed by atoms with E-state index in [4.69, 9.17) is 4.74 Å². The second-order valence-corrected chi connectivity index (χ2v) is 3.45. The molecule has 0 aromatic rings. The Morgan fingerprint density at radius 1 is 1.75 bits per heavy atom. The molecule has 1 saturated heterocycles. The van der Waals surface area contributed by atoms with Crippen LogP contribution in [0.5, 0.6) is 0 Å². The summed E-state index contributed by atoms with van der Waals surface area (Å²) in [7, 11) is 3.36. The number of hydrogen-bond donors (Lipinski definition) is 0. The van der Waals surface area contributed by atoms with E-state index in [1.165, 1.54) is 0 Å². The van der Waals surface area contributed by atoms with Crippen molar-refractivity contribution < 1.29 is 23.9 Å². The van der Waals surface area contributed by atoms with Crippen molar-refractivity contribution in [2.75, 3.05) is 20.6 Å². The molecule has 1 unspecified atom stereocenters. The maximum absolute atomic E-state index is 11.0. The Balaban J connectivity index is 2.55. The van der Waals surface area contributed by atoms with E-state index in [0.717, 1.165) is 0 Å². The van der Waals surface area contributed by atoms with Crippen molar-refractivity contribution in [1.29, 1.82) is 0 Å². The summed E-state index contributed by atoms with van der Waals surface area (Å²) < 4.78 is 4.88. The predicted octanol–water partition coefficient (Wildman–Crippen LogP) is -1.28. The minimum Gasteiger partial charge on any atom is -0.550 e. The lowest BCUT2D eigenvalue weighted by Gasteiger charge is -2.15. The first-order valence-corrected chi connectivity index (χ1v) is 3.66. The molecule has 12 heavy (non-hydrogen) atoms. The Morgan fingerprint density at radius 2 is 2.33 bits per heavy atom. The first-order valence-electron chi connectivity index (χ1n) is 3.66. The normalized spacial score (nSPS) is 26.8. The summed E-state index contributed by atoms with van der Waals surface area (Å²) in [6, 6.07) is 0. The van der Waals surface area contributed by atoms with Crippen LogP contribution < -0.4 is 5.11 Å². The van der Waals surface area contributed by atoms with Crippen LogP contribution in [0.2, 0.25) is 0 Å². The molecule has 5 nitrogen and oxygen atoms in total. The molecule has 1 aliphatic heterocycles. The highest BCUT2D eigenvalue weighted by Gasteiger charge is 2.42. The number of rotatable bonds is 2. The molecule has 0 bridgehead atoms. The van der Waals surface area contributed by atoms with Crippen LogP contribution in [0.3, 0.4) is 0 Å². The zero-order valence-electron chi connectivity index (χ0n) is 7.07. The zero-order valence-corrected chi connectivity index (χ0v) is 7.07. The summed E-state index contributed by atoms with van der Waals surface area (Å²) in [5.74, 6) is -1.19. The summed E-state index contributed by atoms with van der Waals surface area (Å²) in [6.07, 6.45) is -1.13. The fraction of sp³-hybridized carbons (Fsp3) is 0.714. The number of likely N-dealkylation sites (N-methyl/N-ethyl adjacent to an activating group) is 1. The Kier molecular flexibility index (Phi) is 2.06. The number of carbonyl (C=O) groups is 2. The van der Waals surface area contributed by atoms with Gasteiger partial charge in [-0.2, -0.15) is 4.79 Å². The topological polar surface area (TPSA) is 66.4 Å². The van der Waals surface area contributed by atoms with Crippen molar-refractivity contribution in [1.82, 2.24) is 0 Å². The number of aliphatic carboxylic acids is 1. The Labute approximate surface area is 70.1 Å². The summed E-state index contributed by atoms with van der Waals surface area (Å²) in [4.78, 5) is 21.2. The highest BCUT2D eigenvalue weighted by atomic mass is 16.6. The standard InChI is InChI=1S/C7H11NO4/c1-8(2)4-5(3-6(9)10)12-7(8)11/h5H,3-4H2,1-2H3. The van der Waals surface area contributed by atoms with Crippen LogP contribution >= 0.6 is 0 Å². The molecule has 0 aromatic carbocycles. The van der Waals surface area contributed by atoms with E-state index in [1.807, 2.05) is 0 Å². The quantitative estimate of drug-likeness (QED) is 0.488. The lowest BCUT2D eigenvalue weighted by molar-refractivity contribution is -0.801. The van der Waals surface area contributed by atoms with Gasteiger partial charge in [0.25, 0.3) is 0 Å². The molecule has 0 N–H and O–H groups in total. The summed E-state index contributed by atoms with van der Waals surface area (Å²) >= 11 is 0. The van der Waals surface area contributed by atoms with Gasteiger partial charge >= 0.3 is 6.09 Å². The average molecular weight is 173 g/mol. The van der Waals surface area contributed by atoms with Crippen LogP contribution in [-0.4, -0.2) is 43.3 Å². The van der Waals surface area contributed by atoms with Crippen LogP contribution in [0, 0.1) is 0 Å². The van der Waals surface area contributed by atoms with Crippen molar-refractivity contribution in [3.05, 3.63) is 0 Å². The average Bonchev–Trinajstić information content (AvgIpc) is 2.04. The second-order valence-electron chi connectivity index (χ2n) is 3.45. The second kappa shape index (κ2) is 2.75. The monoisotopic (exact) mass is 173 g/mol. The van der Waals surface area contributed by atoms with Crippen molar-refractivity contribution in [3.8, 4) is 0 Å². The van der Waals surface area contributed by atoms with Gasteiger partial charge < -0.3 is 14.6 Å². The minimum atomic E-state index is -1.19. The zero-order chi connectivity index (χ0) is 9.35. The van der Waals surface area contributed by atoms with Gasteiger partial charge in [-0.25, -0.2) is 4.48 Å². The number of carboxylic acids is 1. The number of nitrogens with zero attached hydrogens (tertiary/aromatic N) is 1. The maximum atomic E-state index is 11.0. The third-order valence-electron chi connectivity index (χ3n) is 1.82. The molecule has 68 valence electrons. The smallest absolute Gasteiger partial charge is 0.516 e. The molecule has 1 aliphatic rings. The highest BCUT2D eigenvalue weighted by molar-refractivity contribution is 5.67. The first kappa shape index (κ1) is 8.99. The van der Waals surface area contributed by atoms with Gasteiger partial charge in [-0.3, -0.25) is 0 Å².